The summed E-state index contributed by atoms with van der Waals surface area (Å²) in [6.07, 6.45) is 1.09. The van der Waals surface area contributed by atoms with E-state index in [2.05, 4.69) is 23.6 Å². The molecule has 13 heavy (non-hydrogen) atoms. The van der Waals surface area contributed by atoms with Crippen molar-refractivity contribution >= 4 is 0 Å². The van der Waals surface area contributed by atoms with Crippen LogP contribution in [0.2, 0.25) is 0 Å². The molecule has 0 amide bonds. The fourth-order valence-electron chi connectivity index (χ4n) is 1.75. The Labute approximate surface area is 81.9 Å². The first-order valence-corrected chi connectivity index (χ1v) is 5.46. The lowest BCUT2D eigenvalue weighted by Crippen LogP contribution is -2.49. The summed E-state index contributed by atoms with van der Waals surface area (Å²) >= 11 is 0. The van der Waals surface area contributed by atoms with Gasteiger partial charge in [0.2, 0.25) is 0 Å². The van der Waals surface area contributed by atoms with Crippen LogP contribution in [0.5, 0.6) is 0 Å². The Bertz CT molecular complexity index is 130. The van der Waals surface area contributed by atoms with E-state index < -0.39 is 0 Å². The third kappa shape index (κ3) is 3.63. The molecule has 1 fully saturated rings. The molecule has 0 spiro atoms. The van der Waals surface area contributed by atoms with Crippen LogP contribution >= 0.6 is 0 Å². The van der Waals surface area contributed by atoms with E-state index in [-0.39, 0.29) is 0 Å². The summed E-state index contributed by atoms with van der Waals surface area (Å²) in [5.74, 6) is 0. The van der Waals surface area contributed by atoms with Gasteiger partial charge in [-0.15, -0.1) is 0 Å². The lowest BCUT2D eigenvalue weighted by Gasteiger charge is -2.35. The molecule has 1 rings (SSSR count). The molecule has 1 unspecified atom stereocenters. The molecule has 0 radical (unpaired) electrons. The maximum atomic E-state index is 5.92. The summed E-state index contributed by atoms with van der Waals surface area (Å²) < 4.78 is 0. The second kappa shape index (κ2) is 5.58. The summed E-state index contributed by atoms with van der Waals surface area (Å²) in [4.78, 5) is 4.98. The number of likely N-dealkylation sites (N-methyl/N-ethyl adjacent to an activating group) is 1. The van der Waals surface area contributed by atoms with E-state index in [1.54, 1.807) is 0 Å². The molecule has 0 aromatic rings. The van der Waals surface area contributed by atoms with Crippen LogP contribution in [0.4, 0.5) is 0 Å². The van der Waals surface area contributed by atoms with Gasteiger partial charge in [-0.25, -0.2) is 0 Å². The van der Waals surface area contributed by atoms with Gasteiger partial charge in [-0.05, 0) is 13.0 Å². The fourth-order valence-corrected chi connectivity index (χ4v) is 1.75. The minimum Gasteiger partial charge on any atom is -0.327 e. The highest BCUT2D eigenvalue weighted by Gasteiger charge is 2.16. The highest BCUT2D eigenvalue weighted by Crippen LogP contribution is 2.02. The summed E-state index contributed by atoms with van der Waals surface area (Å²) in [5.41, 5.74) is 5.92. The van der Waals surface area contributed by atoms with Crippen molar-refractivity contribution in [1.29, 1.82) is 0 Å². The van der Waals surface area contributed by atoms with E-state index in [4.69, 9.17) is 5.73 Å². The summed E-state index contributed by atoms with van der Waals surface area (Å²) in [6.45, 7) is 11.5. The van der Waals surface area contributed by atoms with Gasteiger partial charge in [0.25, 0.3) is 0 Å². The van der Waals surface area contributed by atoms with Gasteiger partial charge in [-0.3, -0.25) is 4.90 Å². The zero-order valence-electron chi connectivity index (χ0n) is 9.00. The van der Waals surface area contributed by atoms with Crippen molar-refractivity contribution in [3.05, 3.63) is 0 Å². The van der Waals surface area contributed by atoms with Crippen LogP contribution in [-0.2, 0) is 0 Å². The quantitative estimate of drug-likeness (QED) is 0.686. The Morgan fingerprint density at radius 3 is 2.08 bits per heavy atom. The molecule has 3 heteroatoms. The smallest absolute Gasteiger partial charge is 0.0165 e. The average Bonchev–Trinajstić information content (AvgIpc) is 2.19. The molecule has 0 aliphatic carbocycles. The van der Waals surface area contributed by atoms with E-state index in [9.17, 15) is 0 Å². The molecule has 78 valence electrons. The number of nitrogens with zero attached hydrogens (tertiary/aromatic N) is 2. The minimum absolute atomic E-state index is 0.369. The van der Waals surface area contributed by atoms with E-state index >= 15 is 0 Å². The molecular formula is C10H23N3. The third-order valence-corrected chi connectivity index (χ3v) is 2.93. The largest absolute Gasteiger partial charge is 0.327 e. The van der Waals surface area contributed by atoms with Crippen molar-refractivity contribution in [3.8, 4) is 0 Å². The predicted octanol–water partition coefficient (Wildman–Crippen LogP) is 0.361. The highest BCUT2D eigenvalue weighted by atomic mass is 15.3. The van der Waals surface area contributed by atoms with Gasteiger partial charge < -0.3 is 10.6 Å². The topological polar surface area (TPSA) is 32.5 Å². The van der Waals surface area contributed by atoms with Crippen molar-refractivity contribution in [2.24, 2.45) is 5.73 Å². The number of rotatable bonds is 4. The molecule has 0 bridgehead atoms. The zero-order chi connectivity index (χ0) is 9.68. The first kappa shape index (κ1) is 11.0. The maximum Gasteiger partial charge on any atom is 0.0165 e. The summed E-state index contributed by atoms with van der Waals surface area (Å²) in [5, 5.41) is 0. The van der Waals surface area contributed by atoms with Crippen LogP contribution in [0.15, 0.2) is 0 Å². The molecule has 0 aromatic carbocycles. The Morgan fingerprint density at radius 1 is 1.08 bits per heavy atom. The number of hydrogen-bond acceptors (Lipinski definition) is 3. The van der Waals surface area contributed by atoms with Gasteiger partial charge >= 0.3 is 0 Å². The highest BCUT2D eigenvalue weighted by molar-refractivity contribution is 4.74. The minimum atomic E-state index is 0.369. The Balaban J connectivity index is 2.17. The number of piperazine rings is 1. The summed E-state index contributed by atoms with van der Waals surface area (Å²) in [7, 11) is 0. The molecular weight excluding hydrogens is 162 g/mol. The van der Waals surface area contributed by atoms with E-state index in [1.165, 1.54) is 32.7 Å². The van der Waals surface area contributed by atoms with Crippen LogP contribution in [-0.4, -0.2) is 55.1 Å². The van der Waals surface area contributed by atoms with Crippen molar-refractivity contribution in [2.45, 2.75) is 26.3 Å². The lowest BCUT2D eigenvalue weighted by atomic mass is 10.2. The molecule has 2 N–H and O–H groups in total. The van der Waals surface area contributed by atoms with Gasteiger partial charge in [0.1, 0.15) is 0 Å². The second-order valence-electron chi connectivity index (χ2n) is 3.90. The molecule has 0 saturated carbocycles. The molecule has 0 aromatic heterocycles. The van der Waals surface area contributed by atoms with Crippen LogP contribution in [0.25, 0.3) is 0 Å². The van der Waals surface area contributed by atoms with Gasteiger partial charge in [0.15, 0.2) is 0 Å². The Kier molecular flexibility index (Phi) is 4.70. The third-order valence-electron chi connectivity index (χ3n) is 2.93. The van der Waals surface area contributed by atoms with E-state index in [0.717, 1.165) is 13.0 Å². The molecule has 1 aliphatic rings. The van der Waals surface area contributed by atoms with Gasteiger partial charge in [0.05, 0.1) is 0 Å². The second-order valence-corrected chi connectivity index (χ2v) is 3.90. The maximum absolute atomic E-state index is 5.92. The van der Waals surface area contributed by atoms with Crippen LogP contribution in [0.3, 0.4) is 0 Å². The van der Waals surface area contributed by atoms with E-state index in [1.807, 2.05) is 0 Å². The predicted molar refractivity (Wildman–Crippen MR) is 56.8 cm³/mol. The zero-order valence-corrected chi connectivity index (χ0v) is 9.00. The molecule has 1 aliphatic heterocycles. The SMILES string of the molecule is CCC(N)CN1CCN(CC)CC1. The van der Waals surface area contributed by atoms with Crippen molar-refractivity contribution in [2.75, 3.05) is 39.3 Å². The van der Waals surface area contributed by atoms with Crippen LogP contribution in [0, 0.1) is 0 Å². The molecule has 1 heterocycles. The fraction of sp³-hybridized carbons (Fsp3) is 1.00. The molecule has 1 atom stereocenters. The molecule has 1 saturated heterocycles. The van der Waals surface area contributed by atoms with Crippen molar-refractivity contribution < 1.29 is 0 Å². The van der Waals surface area contributed by atoms with Crippen molar-refractivity contribution in [1.82, 2.24) is 9.80 Å². The van der Waals surface area contributed by atoms with Crippen molar-refractivity contribution in [3.63, 3.8) is 0 Å². The van der Waals surface area contributed by atoms with Crippen LogP contribution < -0.4 is 5.73 Å². The first-order chi connectivity index (χ1) is 6.26. The van der Waals surface area contributed by atoms with Crippen LogP contribution in [0.1, 0.15) is 20.3 Å². The van der Waals surface area contributed by atoms with Gasteiger partial charge in [-0.1, -0.05) is 13.8 Å². The Morgan fingerprint density at radius 2 is 1.62 bits per heavy atom. The number of nitrogens with two attached hydrogens (primary N) is 1. The monoisotopic (exact) mass is 185 g/mol. The standard InChI is InChI=1S/C10H23N3/c1-3-10(11)9-13-7-5-12(4-2)6-8-13/h10H,3-9,11H2,1-2H3. The lowest BCUT2D eigenvalue weighted by molar-refractivity contribution is 0.131. The first-order valence-electron chi connectivity index (χ1n) is 5.46. The average molecular weight is 185 g/mol. The van der Waals surface area contributed by atoms with Gasteiger partial charge in [-0.2, -0.15) is 0 Å². The Hall–Kier alpha value is -0.120. The molecule has 3 nitrogen and oxygen atoms in total. The van der Waals surface area contributed by atoms with Gasteiger partial charge in [0, 0.05) is 38.8 Å². The number of hydrogen-bond donors (Lipinski definition) is 1. The summed E-state index contributed by atoms with van der Waals surface area (Å²) in [6, 6.07) is 0.369. The normalized spacial score (nSPS) is 23.3. The van der Waals surface area contributed by atoms with E-state index in [0.29, 0.717) is 6.04 Å².